The van der Waals surface area contributed by atoms with E-state index >= 15 is 0 Å². The van der Waals surface area contributed by atoms with Gasteiger partial charge in [-0.3, -0.25) is 9.11 Å². The van der Waals surface area contributed by atoms with Crippen LogP contribution in [0.3, 0.4) is 0 Å². The smallest absolute Gasteiger partial charge is 0.282 e. The maximum Gasteiger partial charge on any atom is 0.295 e. The van der Waals surface area contributed by atoms with Gasteiger partial charge in [0, 0.05) is 10.8 Å². The van der Waals surface area contributed by atoms with Gasteiger partial charge in [0.1, 0.15) is 9.79 Å². The average molecular weight is 362 g/mol. The van der Waals surface area contributed by atoms with Crippen molar-refractivity contribution in [3.63, 3.8) is 0 Å². The van der Waals surface area contributed by atoms with Crippen LogP contribution in [0.1, 0.15) is 0 Å². The summed E-state index contributed by atoms with van der Waals surface area (Å²) in [6, 6.07) is 12.1. The van der Waals surface area contributed by atoms with Gasteiger partial charge < -0.3 is 0 Å². The maximum absolute atomic E-state index is 11.7. The van der Waals surface area contributed by atoms with E-state index < -0.39 is 20.2 Å². The predicted molar refractivity (Wildman–Crippen MR) is 89.8 cm³/mol. The van der Waals surface area contributed by atoms with Crippen molar-refractivity contribution in [3.8, 4) is 0 Å². The number of hydrogen-bond acceptors (Lipinski definition) is 4. The van der Waals surface area contributed by atoms with Crippen LogP contribution in [0.4, 0.5) is 0 Å². The summed E-state index contributed by atoms with van der Waals surface area (Å²) >= 11 is 0. The van der Waals surface area contributed by atoms with E-state index in [1.165, 1.54) is 18.2 Å². The third-order valence-electron chi connectivity index (χ3n) is 4.12. The SMILES string of the molecule is O=S(=O)(O)c1cc2ccc(S(=O)(=O)O)c3ccc4cccc1c4c23. The lowest BCUT2D eigenvalue weighted by molar-refractivity contribution is 0.482. The Balaban J connectivity index is 2.39. The molecule has 4 aromatic rings. The standard InChI is InChI=1S/C16H10O6S2/c17-23(18,19)13-7-5-10-8-14(24(20,21)22)11-3-1-2-9-4-6-12(13)16(10)15(9)11/h1-8H,(H,17,18,19)(H,20,21,22). The van der Waals surface area contributed by atoms with Crippen LogP contribution in [0.25, 0.3) is 32.3 Å². The topological polar surface area (TPSA) is 109 Å². The highest BCUT2D eigenvalue weighted by atomic mass is 32.2. The summed E-state index contributed by atoms with van der Waals surface area (Å²) in [6.07, 6.45) is 0. The van der Waals surface area contributed by atoms with E-state index in [9.17, 15) is 25.9 Å². The van der Waals surface area contributed by atoms with Crippen molar-refractivity contribution < 1.29 is 25.9 Å². The zero-order chi connectivity index (χ0) is 17.3. The quantitative estimate of drug-likeness (QED) is 0.419. The first-order valence-corrected chi connectivity index (χ1v) is 9.71. The van der Waals surface area contributed by atoms with Crippen molar-refractivity contribution in [2.75, 3.05) is 0 Å². The van der Waals surface area contributed by atoms with E-state index in [2.05, 4.69) is 0 Å². The van der Waals surface area contributed by atoms with Gasteiger partial charge in [-0.15, -0.1) is 0 Å². The molecule has 0 unspecified atom stereocenters. The minimum absolute atomic E-state index is 0.243. The largest absolute Gasteiger partial charge is 0.295 e. The summed E-state index contributed by atoms with van der Waals surface area (Å²) in [4.78, 5) is -0.491. The molecule has 0 saturated heterocycles. The molecule has 0 saturated carbocycles. The average Bonchev–Trinajstić information content (AvgIpc) is 2.50. The normalized spacial score (nSPS) is 13.2. The summed E-state index contributed by atoms with van der Waals surface area (Å²) in [7, 11) is -8.89. The lowest BCUT2D eigenvalue weighted by Crippen LogP contribution is -2.02. The van der Waals surface area contributed by atoms with Crippen LogP contribution in [-0.4, -0.2) is 25.9 Å². The molecule has 4 rings (SSSR count). The zero-order valence-corrected chi connectivity index (χ0v) is 13.6. The van der Waals surface area contributed by atoms with E-state index in [-0.39, 0.29) is 9.79 Å². The minimum Gasteiger partial charge on any atom is -0.282 e. The van der Waals surface area contributed by atoms with Gasteiger partial charge in [0.05, 0.1) is 0 Å². The van der Waals surface area contributed by atoms with Gasteiger partial charge in [-0.05, 0) is 33.7 Å². The Labute approximate surface area is 137 Å². The van der Waals surface area contributed by atoms with E-state index in [0.29, 0.717) is 32.3 Å². The highest BCUT2D eigenvalue weighted by Gasteiger charge is 2.22. The summed E-state index contributed by atoms with van der Waals surface area (Å²) in [6.45, 7) is 0. The van der Waals surface area contributed by atoms with Gasteiger partial charge >= 0.3 is 0 Å². The molecule has 4 aromatic carbocycles. The Bertz CT molecular complexity index is 1330. The van der Waals surface area contributed by atoms with Crippen LogP contribution in [0.2, 0.25) is 0 Å². The van der Waals surface area contributed by atoms with E-state index in [1.807, 2.05) is 0 Å². The molecule has 0 bridgehead atoms. The maximum atomic E-state index is 11.7. The van der Waals surface area contributed by atoms with Crippen LogP contribution < -0.4 is 0 Å². The Hall–Kier alpha value is -2.26. The van der Waals surface area contributed by atoms with Crippen LogP contribution in [0.15, 0.2) is 58.3 Å². The monoisotopic (exact) mass is 362 g/mol. The molecule has 0 radical (unpaired) electrons. The Morgan fingerprint density at radius 2 is 1.21 bits per heavy atom. The van der Waals surface area contributed by atoms with Gasteiger partial charge in [-0.2, -0.15) is 16.8 Å². The second-order valence-electron chi connectivity index (χ2n) is 5.50. The molecule has 2 N–H and O–H groups in total. The van der Waals surface area contributed by atoms with E-state index in [1.54, 1.807) is 30.3 Å². The van der Waals surface area contributed by atoms with E-state index in [4.69, 9.17) is 0 Å². The molecule has 0 amide bonds. The van der Waals surface area contributed by atoms with Crippen molar-refractivity contribution >= 4 is 52.6 Å². The number of benzene rings is 4. The highest BCUT2D eigenvalue weighted by molar-refractivity contribution is 7.86. The first-order valence-electron chi connectivity index (χ1n) is 6.83. The van der Waals surface area contributed by atoms with Crippen LogP contribution in [-0.2, 0) is 20.2 Å². The molecule has 8 heteroatoms. The predicted octanol–water partition coefficient (Wildman–Crippen LogP) is 3.08. The van der Waals surface area contributed by atoms with Gasteiger partial charge in [-0.1, -0.05) is 36.4 Å². The molecule has 0 aliphatic heterocycles. The van der Waals surface area contributed by atoms with Crippen LogP contribution in [0.5, 0.6) is 0 Å². The second kappa shape index (κ2) is 4.64. The molecular formula is C16H10O6S2. The van der Waals surface area contributed by atoms with Crippen molar-refractivity contribution in [3.05, 3.63) is 48.5 Å². The summed E-state index contributed by atoms with van der Waals surface area (Å²) in [5.74, 6) is 0. The van der Waals surface area contributed by atoms with Gasteiger partial charge in [0.25, 0.3) is 20.2 Å². The van der Waals surface area contributed by atoms with Crippen molar-refractivity contribution in [2.45, 2.75) is 9.79 Å². The molecule has 0 heterocycles. The molecule has 0 fully saturated rings. The first kappa shape index (κ1) is 15.3. The lowest BCUT2D eigenvalue weighted by Gasteiger charge is -2.14. The third kappa shape index (κ3) is 2.08. The lowest BCUT2D eigenvalue weighted by atomic mass is 9.94. The van der Waals surface area contributed by atoms with Crippen molar-refractivity contribution in [1.82, 2.24) is 0 Å². The number of hydrogen-bond donors (Lipinski definition) is 2. The van der Waals surface area contributed by atoms with Gasteiger partial charge in [0.2, 0.25) is 0 Å². The highest BCUT2D eigenvalue weighted by Crippen LogP contribution is 2.39. The fourth-order valence-electron chi connectivity index (χ4n) is 3.21. The molecule has 6 nitrogen and oxygen atoms in total. The Morgan fingerprint density at radius 1 is 0.625 bits per heavy atom. The molecule has 0 aromatic heterocycles. The van der Waals surface area contributed by atoms with Gasteiger partial charge in [0.15, 0.2) is 0 Å². The summed E-state index contributed by atoms with van der Waals surface area (Å²) in [5, 5.41) is 2.77. The van der Waals surface area contributed by atoms with Crippen LogP contribution in [0, 0.1) is 0 Å². The molecule has 122 valence electrons. The molecule has 0 aliphatic rings. The minimum atomic E-state index is -4.46. The first-order chi connectivity index (χ1) is 11.2. The molecular weight excluding hydrogens is 352 g/mol. The number of rotatable bonds is 2. The van der Waals surface area contributed by atoms with Crippen LogP contribution >= 0.6 is 0 Å². The van der Waals surface area contributed by atoms with Crippen molar-refractivity contribution in [2.24, 2.45) is 0 Å². The fraction of sp³-hybridized carbons (Fsp3) is 0. The molecule has 24 heavy (non-hydrogen) atoms. The zero-order valence-electron chi connectivity index (χ0n) is 12.0. The second-order valence-corrected chi connectivity index (χ2v) is 8.28. The Morgan fingerprint density at radius 3 is 1.88 bits per heavy atom. The van der Waals surface area contributed by atoms with Crippen molar-refractivity contribution in [1.29, 1.82) is 0 Å². The summed E-state index contributed by atoms with van der Waals surface area (Å²) in [5.41, 5.74) is 0. The fourth-order valence-corrected chi connectivity index (χ4v) is 4.62. The van der Waals surface area contributed by atoms with Gasteiger partial charge in [-0.25, -0.2) is 0 Å². The molecule has 0 aliphatic carbocycles. The summed E-state index contributed by atoms with van der Waals surface area (Å²) < 4.78 is 65.7. The van der Waals surface area contributed by atoms with E-state index in [0.717, 1.165) is 0 Å². The molecule has 0 spiro atoms. The third-order valence-corrected chi connectivity index (χ3v) is 5.93. The molecule has 0 atom stereocenters. The Kier molecular flexibility index (Phi) is 2.95.